The Balaban J connectivity index is 1.46. The van der Waals surface area contributed by atoms with Crippen molar-refractivity contribution in [1.82, 2.24) is 0 Å². The summed E-state index contributed by atoms with van der Waals surface area (Å²) in [6.45, 7) is 7.71. The highest BCUT2D eigenvalue weighted by Gasteiger charge is 2.58. The summed E-state index contributed by atoms with van der Waals surface area (Å²) in [4.78, 5) is 0. The van der Waals surface area contributed by atoms with Gasteiger partial charge in [-0.2, -0.15) is 0 Å². The van der Waals surface area contributed by atoms with Crippen LogP contribution in [0, 0.1) is 40.4 Å². The molecule has 5 rings (SSSR count). The largest absolute Gasteiger partial charge is 0.393 e. The van der Waals surface area contributed by atoms with Gasteiger partial charge in [0.1, 0.15) is 0 Å². The Morgan fingerprint density at radius 3 is 2.44 bits per heavy atom. The third-order valence-electron chi connectivity index (χ3n) is 10.1. The quantitative estimate of drug-likeness (QED) is 0.512. The van der Waals surface area contributed by atoms with E-state index in [1.165, 1.54) is 57.8 Å². The predicted octanol–water partition coefficient (Wildman–Crippen LogP) is 6.67. The number of hydrogen-bond donors (Lipinski definition) is 1. The zero-order chi connectivity index (χ0) is 18.8. The molecule has 1 heteroatoms. The zero-order valence-electron chi connectivity index (χ0n) is 17.8. The Kier molecular flexibility index (Phi) is 4.43. The van der Waals surface area contributed by atoms with Gasteiger partial charge < -0.3 is 5.11 Å². The molecule has 0 spiro atoms. The van der Waals surface area contributed by atoms with Crippen molar-refractivity contribution in [3.05, 3.63) is 23.3 Å². The van der Waals surface area contributed by atoms with Gasteiger partial charge in [0, 0.05) is 0 Å². The van der Waals surface area contributed by atoms with E-state index in [9.17, 15) is 5.11 Å². The van der Waals surface area contributed by atoms with Crippen LogP contribution < -0.4 is 0 Å². The van der Waals surface area contributed by atoms with Crippen LogP contribution in [0.3, 0.4) is 0 Å². The molecule has 1 N–H and O–H groups in total. The second-order valence-corrected chi connectivity index (χ2v) is 11.3. The van der Waals surface area contributed by atoms with Gasteiger partial charge in [-0.25, -0.2) is 0 Å². The van der Waals surface area contributed by atoms with E-state index in [0.717, 1.165) is 36.5 Å². The summed E-state index contributed by atoms with van der Waals surface area (Å²) < 4.78 is 0. The molecule has 0 heterocycles. The lowest BCUT2D eigenvalue weighted by Crippen LogP contribution is -2.52. The maximum atomic E-state index is 10.3. The minimum absolute atomic E-state index is 0.0898. The van der Waals surface area contributed by atoms with Gasteiger partial charge in [-0.3, -0.25) is 0 Å². The number of fused-ring (bicyclic) bond motifs is 5. The maximum absolute atomic E-state index is 10.3. The Morgan fingerprint density at radius 2 is 1.67 bits per heavy atom. The summed E-state index contributed by atoms with van der Waals surface area (Å²) in [5, 5.41) is 10.3. The third kappa shape index (κ3) is 2.66. The van der Waals surface area contributed by atoms with E-state index in [1.807, 2.05) is 5.57 Å². The predicted molar refractivity (Wildman–Crippen MR) is 112 cm³/mol. The van der Waals surface area contributed by atoms with Crippen molar-refractivity contribution in [1.29, 1.82) is 0 Å². The molecule has 0 aromatic carbocycles. The Bertz CT molecular complexity index is 653. The van der Waals surface area contributed by atoms with Crippen LogP contribution >= 0.6 is 0 Å². The highest BCUT2D eigenvalue weighted by molar-refractivity contribution is 5.32. The van der Waals surface area contributed by atoms with Crippen LogP contribution in [0.15, 0.2) is 23.3 Å². The van der Waals surface area contributed by atoms with E-state index < -0.39 is 0 Å². The molecule has 3 saturated carbocycles. The highest BCUT2D eigenvalue weighted by Crippen LogP contribution is 2.67. The first-order valence-corrected chi connectivity index (χ1v) is 12.0. The molecule has 3 fully saturated rings. The Labute approximate surface area is 166 Å². The number of aliphatic hydroxyl groups is 1. The van der Waals surface area contributed by atoms with Crippen LogP contribution in [0.5, 0.6) is 0 Å². The summed E-state index contributed by atoms with van der Waals surface area (Å²) in [7, 11) is 0. The van der Waals surface area contributed by atoms with E-state index in [1.54, 1.807) is 5.57 Å². The standard InChI is InChI=1S/C26H40O/c1-17-15-19-16-20(27)11-13-25(19,2)23-12-14-26(3)21(9-10-22(26)24(17)23)18-7-5-4-6-8-18/h9,15,17-18,20,22-24,27H,4-8,10-14,16H2,1-3H3/t17-,20-,22-,23-,24-,25-,26+/m0/s1. The zero-order valence-corrected chi connectivity index (χ0v) is 17.8. The fourth-order valence-electron chi connectivity index (χ4n) is 8.65. The molecule has 0 bridgehead atoms. The van der Waals surface area contributed by atoms with Gasteiger partial charge in [-0.15, -0.1) is 0 Å². The van der Waals surface area contributed by atoms with Crippen LogP contribution in [0.25, 0.3) is 0 Å². The summed E-state index contributed by atoms with van der Waals surface area (Å²) in [5.74, 6) is 4.15. The van der Waals surface area contributed by atoms with Crippen LogP contribution in [0.4, 0.5) is 0 Å². The van der Waals surface area contributed by atoms with E-state index in [0.29, 0.717) is 16.7 Å². The Hall–Kier alpha value is -0.560. The summed E-state index contributed by atoms with van der Waals surface area (Å²) in [5.41, 5.74) is 4.34. The molecule has 0 amide bonds. The molecular weight excluding hydrogens is 328 g/mol. The second kappa shape index (κ2) is 6.48. The highest BCUT2D eigenvalue weighted by atomic mass is 16.3. The van der Waals surface area contributed by atoms with Crippen molar-refractivity contribution >= 4 is 0 Å². The number of allylic oxidation sites excluding steroid dienone is 3. The normalized spacial score (nSPS) is 50.3. The van der Waals surface area contributed by atoms with Gasteiger partial charge >= 0.3 is 0 Å². The molecule has 150 valence electrons. The fraction of sp³-hybridized carbons (Fsp3) is 0.846. The molecule has 0 radical (unpaired) electrons. The minimum atomic E-state index is -0.0898. The summed E-state index contributed by atoms with van der Waals surface area (Å²) >= 11 is 0. The maximum Gasteiger partial charge on any atom is 0.0577 e. The van der Waals surface area contributed by atoms with E-state index in [4.69, 9.17) is 0 Å². The van der Waals surface area contributed by atoms with Gasteiger partial charge in [-0.05, 0) is 91.8 Å². The van der Waals surface area contributed by atoms with Crippen molar-refractivity contribution in [2.24, 2.45) is 40.4 Å². The molecule has 0 unspecified atom stereocenters. The topological polar surface area (TPSA) is 20.2 Å². The van der Waals surface area contributed by atoms with Crippen LogP contribution in [-0.2, 0) is 0 Å². The molecule has 0 aromatic rings. The van der Waals surface area contributed by atoms with Gasteiger partial charge in [-0.1, -0.05) is 63.3 Å². The van der Waals surface area contributed by atoms with Crippen LogP contribution in [0.1, 0.15) is 91.4 Å². The van der Waals surface area contributed by atoms with E-state index in [2.05, 4.69) is 32.9 Å². The first kappa shape index (κ1) is 18.5. The van der Waals surface area contributed by atoms with Crippen molar-refractivity contribution in [2.75, 3.05) is 0 Å². The monoisotopic (exact) mass is 368 g/mol. The summed E-state index contributed by atoms with van der Waals surface area (Å²) in [6, 6.07) is 0. The average molecular weight is 369 g/mol. The molecule has 0 aliphatic heterocycles. The second-order valence-electron chi connectivity index (χ2n) is 11.3. The molecule has 27 heavy (non-hydrogen) atoms. The average Bonchev–Trinajstić information content (AvgIpc) is 3.01. The lowest BCUT2D eigenvalue weighted by atomic mass is 9.45. The number of hydrogen-bond acceptors (Lipinski definition) is 1. The first-order chi connectivity index (χ1) is 12.9. The van der Waals surface area contributed by atoms with Crippen molar-refractivity contribution < 1.29 is 5.11 Å². The van der Waals surface area contributed by atoms with Gasteiger partial charge in [0.05, 0.1) is 6.10 Å². The Morgan fingerprint density at radius 1 is 0.926 bits per heavy atom. The van der Waals surface area contributed by atoms with Gasteiger partial charge in [0.15, 0.2) is 0 Å². The third-order valence-corrected chi connectivity index (χ3v) is 10.1. The van der Waals surface area contributed by atoms with Crippen LogP contribution in [0.2, 0.25) is 0 Å². The summed E-state index contributed by atoms with van der Waals surface area (Å²) in [6.07, 6.45) is 19.9. The molecule has 5 aliphatic carbocycles. The fourth-order valence-corrected chi connectivity index (χ4v) is 8.65. The lowest BCUT2D eigenvalue weighted by Gasteiger charge is -2.60. The molecule has 0 saturated heterocycles. The minimum Gasteiger partial charge on any atom is -0.393 e. The molecule has 0 aromatic heterocycles. The van der Waals surface area contributed by atoms with Crippen LogP contribution in [-0.4, -0.2) is 11.2 Å². The van der Waals surface area contributed by atoms with Crippen molar-refractivity contribution in [2.45, 2.75) is 97.5 Å². The van der Waals surface area contributed by atoms with Crippen molar-refractivity contribution in [3.8, 4) is 0 Å². The van der Waals surface area contributed by atoms with Crippen molar-refractivity contribution in [3.63, 3.8) is 0 Å². The van der Waals surface area contributed by atoms with E-state index >= 15 is 0 Å². The lowest BCUT2D eigenvalue weighted by molar-refractivity contribution is -0.0504. The van der Waals surface area contributed by atoms with Gasteiger partial charge in [0.2, 0.25) is 0 Å². The molecule has 7 atom stereocenters. The SMILES string of the molecule is C[C@H]1C=C2C[C@@H](O)CC[C@]2(C)[C@H]2CC[C@]3(C)C(C4CCCCC4)=CC[C@H]3[C@H]12. The van der Waals surface area contributed by atoms with Gasteiger partial charge in [0.25, 0.3) is 0 Å². The number of rotatable bonds is 1. The first-order valence-electron chi connectivity index (χ1n) is 12.0. The molecule has 5 aliphatic rings. The van der Waals surface area contributed by atoms with E-state index in [-0.39, 0.29) is 6.10 Å². The smallest absolute Gasteiger partial charge is 0.0577 e. The number of aliphatic hydroxyl groups excluding tert-OH is 1. The molecular formula is C26H40O. The molecule has 1 nitrogen and oxygen atoms in total.